The Morgan fingerprint density at radius 3 is 2.83 bits per heavy atom. The Balaban J connectivity index is 1.73. The number of fused-ring (bicyclic) bond motifs is 1. The van der Waals surface area contributed by atoms with E-state index < -0.39 is 43.1 Å². The second kappa shape index (κ2) is 6.08. The topological polar surface area (TPSA) is 99.1 Å². The van der Waals surface area contributed by atoms with E-state index in [2.05, 4.69) is 5.21 Å². The number of nitrogens with zero attached hydrogens (tertiary/aromatic N) is 3. The molecule has 1 aromatic rings. The summed E-state index contributed by atoms with van der Waals surface area (Å²) in [6.45, 7) is 3.45. The Hall–Kier alpha value is -1.10. The molecule has 2 fully saturated rings. The van der Waals surface area contributed by atoms with E-state index in [0.717, 1.165) is 5.69 Å². The SMILES string of the molecule is Cn1n[n+](C)cc1CO[C@@H]1[C@H]2OC(C)(C)O[C@H]2O[C@@H]1[C@H](O)CO. The molecule has 0 amide bonds. The Morgan fingerprint density at radius 1 is 1.48 bits per heavy atom. The lowest BCUT2D eigenvalue weighted by Crippen LogP contribution is -2.44. The van der Waals surface area contributed by atoms with Gasteiger partial charge in [-0.05, 0) is 13.8 Å². The van der Waals surface area contributed by atoms with Crippen molar-refractivity contribution >= 4 is 0 Å². The fourth-order valence-electron chi connectivity index (χ4n) is 3.01. The molecule has 0 bridgehead atoms. The van der Waals surface area contributed by atoms with Gasteiger partial charge >= 0.3 is 0 Å². The highest BCUT2D eigenvalue weighted by molar-refractivity contribution is 4.98. The van der Waals surface area contributed by atoms with Gasteiger partial charge in [-0.3, -0.25) is 0 Å². The Morgan fingerprint density at radius 2 is 2.22 bits per heavy atom. The minimum Gasteiger partial charge on any atom is -0.394 e. The largest absolute Gasteiger partial charge is 0.394 e. The van der Waals surface area contributed by atoms with Gasteiger partial charge in [-0.2, -0.15) is 0 Å². The lowest BCUT2D eigenvalue weighted by molar-refractivity contribution is -0.732. The monoisotopic (exact) mass is 330 g/mol. The fraction of sp³-hybridized carbons (Fsp3) is 0.857. The average molecular weight is 330 g/mol. The minimum absolute atomic E-state index is 0.278. The van der Waals surface area contributed by atoms with E-state index >= 15 is 0 Å². The standard InChI is InChI=1S/C14H24N3O6/c1-14(2)22-12-11(10(9(19)6-18)21-13(12)23-14)20-7-8-5-16(3)15-17(8)4/h5,9-13,18-19H,6-7H2,1-4H3/q+1/t9-,10-,11+,12-,13-/m1/s1. The van der Waals surface area contributed by atoms with E-state index in [1.165, 1.54) is 0 Å². The van der Waals surface area contributed by atoms with E-state index in [0.29, 0.717) is 0 Å². The van der Waals surface area contributed by atoms with Crippen molar-refractivity contribution in [3.8, 4) is 0 Å². The summed E-state index contributed by atoms with van der Waals surface area (Å²) in [6.07, 6.45) is -1.57. The molecule has 0 radical (unpaired) electrons. The van der Waals surface area contributed by atoms with Gasteiger partial charge in [-0.25, -0.2) is 0 Å². The second-order valence-electron chi connectivity index (χ2n) is 6.40. The molecule has 2 saturated heterocycles. The number of ether oxygens (including phenoxy) is 4. The molecule has 23 heavy (non-hydrogen) atoms. The number of hydrogen-bond donors (Lipinski definition) is 2. The molecular weight excluding hydrogens is 306 g/mol. The molecule has 9 nitrogen and oxygen atoms in total. The van der Waals surface area contributed by atoms with Crippen LogP contribution in [-0.2, 0) is 39.6 Å². The molecule has 0 aliphatic carbocycles. The number of aliphatic hydroxyl groups excluding tert-OH is 2. The average Bonchev–Trinajstić information content (AvgIpc) is 3.05. The minimum atomic E-state index is -1.07. The molecule has 0 spiro atoms. The van der Waals surface area contributed by atoms with E-state index in [9.17, 15) is 10.2 Å². The first kappa shape index (κ1) is 16.7. The van der Waals surface area contributed by atoms with Crippen LogP contribution in [0.1, 0.15) is 19.5 Å². The Kier molecular flexibility index (Phi) is 4.43. The van der Waals surface area contributed by atoms with Crippen LogP contribution >= 0.6 is 0 Å². The van der Waals surface area contributed by atoms with Gasteiger partial charge in [0.05, 0.1) is 11.8 Å². The lowest BCUT2D eigenvalue weighted by Gasteiger charge is -2.27. The van der Waals surface area contributed by atoms with Crippen molar-refractivity contribution in [2.75, 3.05) is 6.61 Å². The third-order valence-electron chi connectivity index (χ3n) is 4.04. The number of aryl methyl sites for hydroxylation is 2. The Bertz CT molecular complexity index is 563. The Labute approximate surface area is 134 Å². The van der Waals surface area contributed by atoms with Crippen molar-refractivity contribution in [3.63, 3.8) is 0 Å². The molecule has 0 unspecified atom stereocenters. The zero-order valence-electron chi connectivity index (χ0n) is 13.7. The van der Waals surface area contributed by atoms with Crippen LogP contribution in [0.4, 0.5) is 0 Å². The highest BCUT2D eigenvalue weighted by atomic mass is 16.8. The number of rotatable bonds is 5. The quantitative estimate of drug-likeness (QED) is 0.625. The summed E-state index contributed by atoms with van der Waals surface area (Å²) in [4.78, 5) is 0. The van der Waals surface area contributed by atoms with E-state index in [1.54, 1.807) is 23.2 Å². The fourth-order valence-corrected chi connectivity index (χ4v) is 3.01. The van der Waals surface area contributed by atoms with Crippen LogP contribution in [0.15, 0.2) is 6.20 Å². The lowest BCUT2D eigenvalue weighted by atomic mass is 10.1. The molecule has 1 aromatic heterocycles. The maximum absolute atomic E-state index is 9.98. The van der Waals surface area contributed by atoms with Gasteiger partial charge in [-0.1, -0.05) is 0 Å². The first-order chi connectivity index (χ1) is 10.8. The normalized spacial score (nSPS) is 33.8. The molecule has 2 N–H and O–H groups in total. The summed E-state index contributed by atoms with van der Waals surface area (Å²) < 4.78 is 26.6. The highest BCUT2D eigenvalue weighted by Gasteiger charge is 2.57. The summed E-state index contributed by atoms with van der Waals surface area (Å²) in [6, 6.07) is 0. The van der Waals surface area contributed by atoms with E-state index in [1.807, 2.05) is 20.3 Å². The van der Waals surface area contributed by atoms with Crippen molar-refractivity contribution in [1.82, 2.24) is 9.90 Å². The van der Waals surface area contributed by atoms with Gasteiger partial charge in [0.2, 0.25) is 0 Å². The maximum Gasteiger partial charge on any atom is 0.192 e. The van der Waals surface area contributed by atoms with Gasteiger partial charge in [0.15, 0.2) is 24.0 Å². The second-order valence-corrected chi connectivity index (χ2v) is 6.40. The van der Waals surface area contributed by atoms with Gasteiger partial charge < -0.3 is 29.2 Å². The van der Waals surface area contributed by atoms with Crippen LogP contribution in [0.3, 0.4) is 0 Å². The van der Waals surface area contributed by atoms with E-state index in [4.69, 9.17) is 18.9 Å². The molecule has 0 saturated carbocycles. The summed E-state index contributed by atoms with van der Waals surface area (Å²) in [5.74, 6) is -0.773. The highest BCUT2D eigenvalue weighted by Crippen LogP contribution is 2.39. The zero-order valence-corrected chi connectivity index (χ0v) is 13.7. The molecule has 2 aliphatic rings. The van der Waals surface area contributed by atoms with Gasteiger partial charge in [0, 0.05) is 0 Å². The van der Waals surface area contributed by atoms with Crippen molar-refractivity contribution < 1.29 is 33.8 Å². The molecular formula is C14H24N3O6+. The molecule has 130 valence electrons. The van der Waals surface area contributed by atoms with Crippen LogP contribution in [0.5, 0.6) is 0 Å². The summed E-state index contributed by atoms with van der Waals surface area (Å²) in [5, 5.41) is 23.4. The number of aromatic nitrogens is 3. The smallest absolute Gasteiger partial charge is 0.192 e. The molecule has 5 atom stereocenters. The van der Waals surface area contributed by atoms with Crippen LogP contribution in [0, 0.1) is 0 Å². The molecule has 3 rings (SSSR count). The number of hydrogen-bond acceptors (Lipinski definition) is 7. The maximum atomic E-state index is 9.98. The van der Waals surface area contributed by atoms with Crippen LogP contribution in [0.25, 0.3) is 0 Å². The third kappa shape index (κ3) is 3.25. The van der Waals surface area contributed by atoms with Crippen molar-refractivity contribution in [2.24, 2.45) is 14.1 Å². The molecule has 0 aromatic carbocycles. The molecule has 9 heteroatoms. The summed E-state index contributed by atoms with van der Waals surface area (Å²) in [7, 11) is 3.65. The van der Waals surface area contributed by atoms with Crippen LogP contribution < -0.4 is 4.68 Å². The first-order valence-electron chi connectivity index (χ1n) is 7.61. The summed E-state index contributed by atoms with van der Waals surface area (Å²) in [5.41, 5.74) is 0.867. The van der Waals surface area contributed by atoms with Crippen molar-refractivity contribution in [3.05, 3.63) is 11.9 Å². The summed E-state index contributed by atoms with van der Waals surface area (Å²) >= 11 is 0. The number of aliphatic hydroxyl groups is 2. The van der Waals surface area contributed by atoms with E-state index in [-0.39, 0.29) is 6.61 Å². The van der Waals surface area contributed by atoms with Crippen molar-refractivity contribution in [2.45, 2.75) is 56.9 Å². The van der Waals surface area contributed by atoms with Gasteiger partial charge in [0.25, 0.3) is 0 Å². The van der Waals surface area contributed by atoms with Gasteiger partial charge in [-0.15, -0.1) is 9.36 Å². The van der Waals surface area contributed by atoms with Crippen LogP contribution in [-0.4, -0.2) is 63.2 Å². The third-order valence-corrected chi connectivity index (χ3v) is 4.04. The molecule has 3 heterocycles. The molecule has 2 aliphatic heterocycles. The first-order valence-corrected chi connectivity index (χ1v) is 7.61. The predicted octanol–water partition coefficient (Wildman–Crippen LogP) is -1.64. The predicted molar refractivity (Wildman–Crippen MR) is 74.8 cm³/mol. The van der Waals surface area contributed by atoms with Gasteiger partial charge in [0.1, 0.15) is 45.1 Å². The van der Waals surface area contributed by atoms with Crippen LogP contribution in [0.2, 0.25) is 0 Å². The van der Waals surface area contributed by atoms with Crippen molar-refractivity contribution in [1.29, 1.82) is 0 Å². The zero-order chi connectivity index (χ0) is 16.8.